The molecule has 3 heterocycles. The van der Waals surface area contributed by atoms with Gasteiger partial charge in [0.1, 0.15) is 6.33 Å². The molecule has 1 saturated heterocycles. The van der Waals surface area contributed by atoms with E-state index in [1.807, 2.05) is 32.8 Å². The largest absolute Gasteiger partial charge is 0.382 e. The maximum absolute atomic E-state index is 12.1. The summed E-state index contributed by atoms with van der Waals surface area (Å²) in [5, 5.41) is 16.0. The van der Waals surface area contributed by atoms with Crippen LogP contribution in [0.5, 0.6) is 0 Å². The minimum atomic E-state index is 0.280. The molecule has 1 aliphatic heterocycles. The lowest BCUT2D eigenvalue weighted by Crippen LogP contribution is -2.39. The van der Waals surface area contributed by atoms with E-state index in [1.165, 1.54) is 0 Å². The third-order valence-corrected chi connectivity index (χ3v) is 4.95. The Hall–Kier alpha value is -2.22. The van der Waals surface area contributed by atoms with Crippen molar-refractivity contribution in [1.82, 2.24) is 29.6 Å². The molecule has 25 heavy (non-hydrogen) atoms. The van der Waals surface area contributed by atoms with E-state index >= 15 is 0 Å². The SMILES string of the molecule is Cc1nn2cnnc2c(NCCC2CCC(=O)N2CCN(C)C)c1C. The second kappa shape index (κ2) is 7.35. The van der Waals surface area contributed by atoms with Gasteiger partial charge in [0.05, 0.1) is 11.4 Å². The number of nitrogens with zero attached hydrogens (tertiary/aromatic N) is 6. The van der Waals surface area contributed by atoms with Crippen molar-refractivity contribution >= 4 is 17.2 Å². The van der Waals surface area contributed by atoms with Crippen LogP contribution in [-0.4, -0.2) is 75.3 Å². The second-order valence-electron chi connectivity index (χ2n) is 6.98. The number of nitrogens with one attached hydrogen (secondary N) is 1. The maximum atomic E-state index is 12.1. The molecule has 1 unspecified atom stereocenters. The van der Waals surface area contributed by atoms with Crippen molar-refractivity contribution in [2.45, 2.75) is 39.2 Å². The topological polar surface area (TPSA) is 78.7 Å². The number of likely N-dealkylation sites (tertiary alicyclic amines) is 1. The highest BCUT2D eigenvalue weighted by Crippen LogP contribution is 2.24. The Kier molecular flexibility index (Phi) is 5.17. The Labute approximate surface area is 148 Å². The van der Waals surface area contributed by atoms with Gasteiger partial charge in [-0.05, 0) is 46.3 Å². The van der Waals surface area contributed by atoms with Gasteiger partial charge in [-0.1, -0.05) is 0 Å². The first-order chi connectivity index (χ1) is 12.0. The molecule has 0 radical (unpaired) electrons. The molecule has 2 aromatic rings. The summed E-state index contributed by atoms with van der Waals surface area (Å²) < 4.78 is 1.70. The Morgan fingerprint density at radius 2 is 2.16 bits per heavy atom. The number of amides is 1. The van der Waals surface area contributed by atoms with Gasteiger partial charge in [0.15, 0.2) is 0 Å². The quantitative estimate of drug-likeness (QED) is 0.809. The first-order valence-corrected chi connectivity index (χ1v) is 8.82. The fraction of sp³-hybridized carbons (Fsp3) is 0.647. The fourth-order valence-corrected chi connectivity index (χ4v) is 3.34. The molecule has 3 rings (SSSR count). The van der Waals surface area contributed by atoms with Gasteiger partial charge in [-0.2, -0.15) is 9.61 Å². The number of likely N-dealkylation sites (N-methyl/N-ethyl adjacent to an activating group) is 1. The summed E-state index contributed by atoms with van der Waals surface area (Å²) in [5.74, 6) is 0.280. The monoisotopic (exact) mass is 345 g/mol. The van der Waals surface area contributed by atoms with Gasteiger partial charge < -0.3 is 15.1 Å². The van der Waals surface area contributed by atoms with E-state index in [0.29, 0.717) is 12.5 Å². The van der Waals surface area contributed by atoms with Crippen molar-refractivity contribution in [3.8, 4) is 0 Å². The van der Waals surface area contributed by atoms with Crippen molar-refractivity contribution in [2.24, 2.45) is 0 Å². The molecule has 136 valence electrons. The van der Waals surface area contributed by atoms with Crippen molar-refractivity contribution in [2.75, 3.05) is 39.0 Å². The minimum Gasteiger partial charge on any atom is -0.382 e. The number of aromatic nitrogens is 4. The lowest BCUT2D eigenvalue weighted by molar-refractivity contribution is -0.129. The maximum Gasteiger partial charge on any atom is 0.222 e. The first kappa shape index (κ1) is 17.6. The highest BCUT2D eigenvalue weighted by molar-refractivity contribution is 5.78. The van der Waals surface area contributed by atoms with Crippen molar-refractivity contribution in [3.05, 3.63) is 17.6 Å². The zero-order valence-corrected chi connectivity index (χ0v) is 15.5. The third kappa shape index (κ3) is 3.73. The average Bonchev–Trinajstić information content (AvgIpc) is 3.15. The Bertz CT molecular complexity index is 755. The van der Waals surface area contributed by atoms with Gasteiger partial charge >= 0.3 is 0 Å². The Morgan fingerprint density at radius 1 is 1.36 bits per heavy atom. The molecule has 1 aliphatic rings. The average molecular weight is 345 g/mol. The minimum absolute atomic E-state index is 0.280. The van der Waals surface area contributed by atoms with Gasteiger partial charge in [0.25, 0.3) is 0 Å². The number of fused-ring (bicyclic) bond motifs is 1. The summed E-state index contributed by atoms with van der Waals surface area (Å²) in [6.07, 6.45) is 4.16. The van der Waals surface area contributed by atoms with Crippen molar-refractivity contribution < 1.29 is 4.79 Å². The number of rotatable bonds is 7. The summed E-state index contributed by atoms with van der Waals surface area (Å²) in [5.41, 5.74) is 3.77. The van der Waals surface area contributed by atoms with Crippen molar-refractivity contribution in [1.29, 1.82) is 0 Å². The number of hydrogen-bond donors (Lipinski definition) is 1. The number of carbonyl (C=O) groups excluding carboxylic acids is 1. The highest BCUT2D eigenvalue weighted by Gasteiger charge is 2.30. The lowest BCUT2D eigenvalue weighted by atomic mass is 10.1. The molecular weight excluding hydrogens is 318 g/mol. The van der Waals surface area contributed by atoms with Gasteiger partial charge in [-0.25, -0.2) is 0 Å². The molecule has 0 bridgehead atoms. The molecule has 1 amide bonds. The zero-order valence-electron chi connectivity index (χ0n) is 15.5. The lowest BCUT2D eigenvalue weighted by Gasteiger charge is -2.26. The van der Waals surface area contributed by atoms with Crippen LogP contribution in [-0.2, 0) is 4.79 Å². The predicted octanol–water partition coefficient (Wildman–Crippen LogP) is 1.10. The summed E-state index contributed by atoms with van der Waals surface area (Å²) in [6.45, 7) is 6.53. The normalized spacial score (nSPS) is 17.9. The van der Waals surface area contributed by atoms with E-state index in [1.54, 1.807) is 10.8 Å². The Balaban J connectivity index is 1.64. The van der Waals surface area contributed by atoms with E-state index in [9.17, 15) is 4.79 Å². The van der Waals surface area contributed by atoms with Crippen LogP contribution >= 0.6 is 0 Å². The van der Waals surface area contributed by atoms with Crippen LogP contribution in [0.1, 0.15) is 30.5 Å². The molecule has 0 aromatic carbocycles. The highest BCUT2D eigenvalue weighted by atomic mass is 16.2. The molecule has 2 aromatic heterocycles. The number of carbonyl (C=O) groups is 1. The van der Waals surface area contributed by atoms with Gasteiger partial charge in [0.2, 0.25) is 11.6 Å². The fourth-order valence-electron chi connectivity index (χ4n) is 3.34. The van der Waals surface area contributed by atoms with E-state index in [4.69, 9.17) is 0 Å². The molecule has 8 nitrogen and oxygen atoms in total. The smallest absolute Gasteiger partial charge is 0.222 e. The molecular formula is C17H27N7O. The number of hydrogen-bond acceptors (Lipinski definition) is 6. The van der Waals surface area contributed by atoms with Gasteiger partial charge in [-0.15, -0.1) is 10.2 Å². The van der Waals surface area contributed by atoms with Crippen LogP contribution < -0.4 is 5.32 Å². The predicted molar refractivity (Wildman–Crippen MR) is 96.7 cm³/mol. The van der Waals surface area contributed by atoms with E-state index in [2.05, 4.69) is 25.5 Å². The van der Waals surface area contributed by atoms with Crippen LogP contribution in [0.25, 0.3) is 5.65 Å². The molecule has 1 fully saturated rings. The summed E-state index contributed by atoms with van der Waals surface area (Å²) in [6, 6.07) is 0.317. The summed E-state index contributed by atoms with van der Waals surface area (Å²) >= 11 is 0. The third-order valence-electron chi connectivity index (χ3n) is 4.95. The molecule has 8 heteroatoms. The van der Waals surface area contributed by atoms with E-state index < -0.39 is 0 Å². The second-order valence-corrected chi connectivity index (χ2v) is 6.98. The first-order valence-electron chi connectivity index (χ1n) is 8.82. The summed E-state index contributed by atoms with van der Waals surface area (Å²) in [7, 11) is 4.07. The Morgan fingerprint density at radius 3 is 2.92 bits per heavy atom. The summed E-state index contributed by atoms with van der Waals surface area (Å²) in [4.78, 5) is 16.3. The standard InChI is InChI=1S/C17H27N7O/c1-12-13(2)21-24-11-19-20-17(24)16(12)18-8-7-14-5-6-15(25)23(14)10-9-22(3)4/h11,14,18H,5-10H2,1-4H3. The molecule has 0 spiro atoms. The zero-order chi connectivity index (χ0) is 18.0. The molecule has 1 N–H and O–H groups in total. The van der Waals surface area contributed by atoms with E-state index in [0.717, 1.165) is 55.1 Å². The van der Waals surface area contributed by atoms with Crippen LogP contribution in [0.3, 0.4) is 0 Å². The van der Waals surface area contributed by atoms with Gasteiger partial charge in [-0.3, -0.25) is 4.79 Å². The van der Waals surface area contributed by atoms with Crippen LogP contribution in [0, 0.1) is 13.8 Å². The van der Waals surface area contributed by atoms with Crippen LogP contribution in [0.2, 0.25) is 0 Å². The van der Waals surface area contributed by atoms with Crippen LogP contribution in [0.15, 0.2) is 6.33 Å². The van der Waals surface area contributed by atoms with Crippen molar-refractivity contribution in [3.63, 3.8) is 0 Å². The number of anilines is 1. The molecule has 1 atom stereocenters. The molecule has 0 saturated carbocycles. The number of aryl methyl sites for hydroxylation is 1. The van der Waals surface area contributed by atoms with E-state index in [-0.39, 0.29) is 5.91 Å². The molecule has 0 aliphatic carbocycles. The van der Waals surface area contributed by atoms with Crippen LogP contribution in [0.4, 0.5) is 5.69 Å². The van der Waals surface area contributed by atoms with Gasteiger partial charge in [0, 0.05) is 32.1 Å².